The molecule has 20 heavy (non-hydrogen) atoms. The van der Waals surface area contributed by atoms with Crippen LogP contribution in [0.5, 0.6) is 0 Å². The van der Waals surface area contributed by atoms with E-state index in [1.54, 1.807) is 35.2 Å². The van der Waals surface area contributed by atoms with E-state index in [2.05, 4.69) is 23.6 Å². The second kappa shape index (κ2) is 5.69. The van der Waals surface area contributed by atoms with Gasteiger partial charge in [-0.2, -0.15) is 0 Å². The lowest BCUT2D eigenvalue weighted by atomic mass is 10.1. The van der Waals surface area contributed by atoms with Crippen LogP contribution in [0, 0.1) is 0 Å². The van der Waals surface area contributed by atoms with Crippen LogP contribution in [0.25, 0.3) is 10.1 Å². The van der Waals surface area contributed by atoms with Crippen LogP contribution in [-0.4, -0.2) is 11.1 Å². The van der Waals surface area contributed by atoms with E-state index < -0.39 is 5.97 Å². The Morgan fingerprint density at radius 1 is 1.10 bits per heavy atom. The van der Waals surface area contributed by atoms with E-state index in [4.69, 9.17) is 0 Å². The summed E-state index contributed by atoms with van der Waals surface area (Å²) in [7, 11) is 0. The van der Waals surface area contributed by atoms with Crippen molar-refractivity contribution in [1.29, 1.82) is 0 Å². The molecule has 2 nitrogen and oxygen atoms in total. The van der Waals surface area contributed by atoms with Gasteiger partial charge in [0.1, 0.15) is 0 Å². The molecule has 0 bridgehead atoms. The minimum absolute atomic E-state index is 0.387. The molecule has 4 heteroatoms. The molecule has 0 radical (unpaired) electrons. The summed E-state index contributed by atoms with van der Waals surface area (Å²) in [5, 5.41) is 12.5. The first kappa shape index (κ1) is 13.2. The molecule has 2 aromatic carbocycles. The van der Waals surface area contributed by atoms with Crippen LogP contribution < -0.4 is 0 Å². The minimum atomic E-state index is -0.865. The Kier molecular flexibility index (Phi) is 3.76. The summed E-state index contributed by atoms with van der Waals surface area (Å²) in [6, 6.07) is 15.5. The van der Waals surface area contributed by atoms with Crippen molar-refractivity contribution in [3.05, 3.63) is 65.0 Å². The average molecular weight is 300 g/mol. The summed E-state index contributed by atoms with van der Waals surface area (Å²) < 4.78 is 1.27. The van der Waals surface area contributed by atoms with E-state index in [1.807, 2.05) is 18.2 Å². The minimum Gasteiger partial charge on any atom is -0.478 e. The van der Waals surface area contributed by atoms with Gasteiger partial charge in [0.05, 0.1) is 5.56 Å². The highest BCUT2D eigenvalue weighted by Crippen LogP contribution is 2.34. The molecule has 0 aliphatic carbocycles. The Morgan fingerprint density at radius 2 is 1.95 bits per heavy atom. The number of carboxylic acid groups (broad SMARTS) is 1. The Labute approximate surface area is 125 Å². The van der Waals surface area contributed by atoms with Gasteiger partial charge in [-0.1, -0.05) is 30.3 Å². The molecular weight excluding hydrogens is 288 g/mol. The van der Waals surface area contributed by atoms with Gasteiger partial charge in [-0.15, -0.1) is 23.1 Å². The quantitative estimate of drug-likeness (QED) is 0.697. The molecular formula is C16H12O2S2. The number of hydrogen-bond acceptors (Lipinski definition) is 3. The maximum Gasteiger partial charge on any atom is 0.335 e. The second-order valence-electron chi connectivity index (χ2n) is 4.35. The summed E-state index contributed by atoms with van der Waals surface area (Å²) >= 11 is 3.41. The van der Waals surface area contributed by atoms with Crippen LogP contribution in [0.4, 0.5) is 0 Å². The van der Waals surface area contributed by atoms with Crippen molar-refractivity contribution in [3.63, 3.8) is 0 Å². The van der Waals surface area contributed by atoms with E-state index in [0.29, 0.717) is 11.3 Å². The fraction of sp³-hybridized carbons (Fsp3) is 0.0625. The highest BCUT2D eigenvalue weighted by Gasteiger charge is 2.10. The third-order valence-corrected chi connectivity index (χ3v) is 5.27. The van der Waals surface area contributed by atoms with Crippen LogP contribution in [0.1, 0.15) is 15.9 Å². The number of fused-ring (bicyclic) bond motifs is 1. The molecule has 0 saturated carbocycles. The van der Waals surface area contributed by atoms with Gasteiger partial charge in [-0.3, -0.25) is 0 Å². The van der Waals surface area contributed by atoms with Crippen LogP contribution in [0.2, 0.25) is 0 Å². The Balaban J connectivity index is 1.87. The van der Waals surface area contributed by atoms with Crippen LogP contribution in [0.3, 0.4) is 0 Å². The number of rotatable bonds is 4. The monoisotopic (exact) mass is 300 g/mol. The average Bonchev–Trinajstić information content (AvgIpc) is 2.94. The van der Waals surface area contributed by atoms with Crippen molar-refractivity contribution >= 4 is 39.2 Å². The molecule has 0 unspecified atom stereocenters. The molecule has 3 aromatic rings. The zero-order chi connectivity index (χ0) is 13.9. The van der Waals surface area contributed by atoms with Gasteiger partial charge in [-0.25, -0.2) is 4.79 Å². The molecule has 0 fully saturated rings. The predicted octanol–water partition coefficient (Wildman–Crippen LogP) is 4.89. The first-order valence-corrected chi connectivity index (χ1v) is 8.02. The SMILES string of the molecule is O=C(O)c1ccccc1CSc1cccc2ccsc12. The van der Waals surface area contributed by atoms with Crippen molar-refractivity contribution in [2.24, 2.45) is 0 Å². The van der Waals surface area contributed by atoms with Crippen molar-refractivity contribution in [1.82, 2.24) is 0 Å². The van der Waals surface area contributed by atoms with E-state index in [0.717, 1.165) is 5.56 Å². The second-order valence-corrected chi connectivity index (χ2v) is 6.28. The molecule has 100 valence electrons. The van der Waals surface area contributed by atoms with Gasteiger partial charge in [-0.05, 0) is 34.5 Å². The van der Waals surface area contributed by atoms with E-state index >= 15 is 0 Å². The van der Waals surface area contributed by atoms with E-state index in [9.17, 15) is 9.90 Å². The van der Waals surface area contributed by atoms with Crippen molar-refractivity contribution in [2.45, 2.75) is 10.6 Å². The molecule has 0 amide bonds. The summed E-state index contributed by atoms with van der Waals surface area (Å²) in [6.07, 6.45) is 0. The van der Waals surface area contributed by atoms with Gasteiger partial charge in [0, 0.05) is 15.3 Å². The maximum absolute atomic E-state index is 11.2. The first-order valence-electron chi connectivity index (χ1n) is 6.16. The van der Waals surface area contributed by atoms with Crippen LogP contribution >= 0.6 is 23.1 Å². The number of thioether (sulfide) groups is 1. The highest BCUT2D eigenvalue weighted by atomic mass is 32.2. The summed E-state index contributed by atoms with van der Waals surface area (Å²) in [5.74, 6) is -0.199. The lowest BCUT2D eigenvalue weighted by Gasteiger charge is -2.06. The zero-order valence-corrected chi connectivity index (χ0v) is 12.2. The molecule has 0 spiro atoms. The van der Waals surface area contributed by atoms with Gasteiger partial charge < -0.3 is 5.11 Å². The van der Waals surface area contributed by atoms with Gasteiger partial charge >= 0.3 is 5.97 Å². The number of thiophene rings is 1. The number of hydrogen-bond donors (Lipinski definition) is 1. The number of carboxylic acids is 1. The number of carbonyl (C=O) groups is 1. The van der Waals surface area contributed by atoms with Gasteiger partial charge in [0.15, 0.2) is 0 Å². The van der Waals surface area contributed by atoms with Crippen LogP contribution in [0.15, 0.2) is 58.8 Å². The third-order valence-electron chi connectivity index (χ3n) is 3.07. The third kappa shape index (κ3) is 2.57. The highest BCUT2D eigenvalue weighted by molar-refractivity contribution is 7.98. The Morgan fingerprint density at radius 3 is 2.80 bits per heavy atom. The normalized spacial score (nSPS) is 10.8. The molecule has 0 aliphatic heterocycles. The Hall–Kier alpha value is -1.78. The van der Waals surface area contributed by atoms with Gasteiger partial charge in [0.25, 0.3) is 0 Å². The molecule has 0 atom stereocenters. The standard InChI is InChI=1S/C16H12O2S2/c17-16(18)13-6-2-1-4-12(13)10-20-14-7-3-5-11-8-9-19-15(11)14/h1-9H,10H2,(H,17,18). The number of benzene rings is 2. The van der Waals surface area contributed by atoms with Crippen molar-refractivity contribution in [3.8, 4) is 0 Å². The van der Waals surface area contributed by atoms with Crippen LogP contribution in [-0.2, 0) is 5.75 Å². The molecule has 3 rings (SSSR count). The lowest BCUT2D eigenvalue weighted by Crippen LogP contribution is -2.00. The molecule has 1 N–H and O–H groups in total. The van der Waals surface area contributed by atoms with Gasteiger partial charge in [0.2, 0.25) is 0 Å². The maximum atomic E-state index is 11.2. The van der Waals surface area contributed by atoms with E-state index in [1.165, 1.54) is 15.0 Å². The molecule has 0 aliphatic rings. The zero-order valence-electron chi connectivity index (χ0n) is 10.6. The van der Waals surface area contributed by atoms with E-state index in [-0.39, 0.29) is 0 Å². The largest absolute Gasteiger partial charge is 0.478 e. The number of aromatic carboxylic acids is 1. The lowest BCUT2D eigenvalue weighted by molar-refractivity contribution is 0.0696. The Bertz CT molecular complexity index is 762. The topological polar surface area (TPSA) is 37.3 Å². The van der Waals surface area contributed by atoms with Crippen molar-refractivity contribution < 1.29 is 9.90 Å². The summed E-state index contributed by atoms with van der Waals surface area (Å²) in [5.41, 5.74) is 1.25. The molecule has 0 saturated heterocycles. The predicted molar refractivity (Wildman–Crippen MR) is 84.8 cm³/mol. The summed E-state index contributed by atoms with van der Waals surface area (Å²) in [6.45, 7) is 0. The fourth-order valence-corrected chi connectivity index (χ4v) is 4.20. The molecule has 1 heterocycles. The summed E-state index contributed by atoms with van der Waals surface area (Å²) in [4.78, 5) is 12.4. The smallest absolute Gasteiger partial charge is 0.335 e. The fourth-order valence-electron chi connectivity index (χ4n) is 2.09. The van der Waals surface area contributed by atoms with Crippen molar-refractivity contribution in [2.75, 3.05) is 0 Å². The molecule has 1 aromatic heterocycles. The first-order chi connectivity index (χ1) is 9.75.